The van der Waals surface area contributed by atoms with Gasteiger partial charge in [-0.1, -0.05) is 6.07 Å². The molecule has 0 aliphatic heterocycles. The van der Waals surface area contributed by atoms with Gasteiger partial charge >= 0.3 is 0 Å². The predicted molar refractivity (Wildman–Crippen MR) is 56.0 cm³/mol. The summed E-state index contributed by atoms with van der Waals surface area (Å²) in [5, 5.41) is 7.49. The van der Waals surface area contributed by atoms with Gasteiger partial charge in [-0.2, -0.15) is 5.10 Å². The lowest BCUT2D eigenvalue weighted by molar-refractivity contribution is 0.697. The molecule has 0 aliphatic rings. The monoisotopic (exact) mass is 190 g/mol. The van der Waals surface area contributed by atoms with Crippen LogP contribution in [0.4, 0.5) is 0 Å². The molecule has 0 bridgehead atoms. The molecular formula is C10H14N4. The van der Waals surface area contributed by atoms with Gasteiger partial charge in [0.15, 0.2) is 0 Å². The molecule has 0 amide bonds. The molecular weight excluding hydrogens is 176 g/mol. The molecule has 0 saturated carbocycles. The summed E-state index contributed by atoms with van der Waals surface area (Å²) < 4.78 is 1.87. The lowest BCUT2D eigenvalue weighted by Crippen LogP contribution is -2.21. The molecule has 4 nitrogen and oxygen atoms in total. The van der Waals surface area contributed by atoms with Crippen molar-refractivity contribution in [3.63, 3.8) is 0 Å². The summed E-state index contributed by atoms with van der Waals surface area (Å²) in [5.41, 5.74) is 7.75. The molecule has 14 heavy (non-hydrogen) atoms. The Balaban J connectivity index is 2.17. The van der Waals surface area contributed by atoms with E-state index in [4.69, 9.17) is 5.73 Å². The van der Waals surface area contributed by atoms with Crippen molar-refractivity contribution < 1.29 is 0 Å². The van der Waals surface area contributed by atoms with Gasteiger partial charge in [0.05, 0.1) is 11.7 Å². The third-order valence-electron chi connectivity index (χ3n) is 2.14. The summed E-state index contributed by atoms with van der Waals surface area (Å²) in [6.07, 6.45) is 3.83. The number of aromatic nitrogens is 2. The van der Waals surface area contributed by atoms with Gasteiger partial charge in [0.2, 0.25) is 0 Å². The number of hydrogen-bond donors (Lipinski definition) is 2. The van der Waals surface area contributed by atoms with E-state index in [0.29, 0.717) is 6.54 Å². The summed E-state index contributed by atoms with van der Waals surface area (Å²) in [5.74, 6) is 0. The van der Waals surface area contributed by atoms with Crippen molar-refractivity contribution in [2.75, 3.05) is 13.1 Å². The topological polar surface area (TPSA) is 55.3 Å². The standard InChI is InChI=1S/C10H14N4/c11-4-5-12-7-9-8-13-14-6-2-1-3-10(9)14/h1-3,6,8,12H,4-5,7,11H2. The number of rotatable bonds is 4. The highest BCUT2D eigenvalue weighted by Gasteiger charge is 2.01. The quantitative estimate of drug-likeness (QED) is 0.685. The van der Waals surface area contributed by atoms with E-state index in [0.717, 1.165) is 18.6 Å². The maximum Gasteiger partial charge on any atom is 0.0706 e. The smallest absolute Gasteiger partial charge is 0.0706 e. The molecule has 0 saturated heterocycles. The number of nitrogens with zero attached hydrogens (tertiary/aromatic N) is 2. The molecule has 3 N–H and O–H groups in total. The second-order valence-electron chi connectivity index (χ2n) is 3.17. The van der Waals surface area contributed by atoms with Crippen molar-refractivity contribution in [2.24, 2.45) is 5.73 Å². The normalized spacial score (nSPS) is 10.9. The van der Waals surface area contributed by atoms with Crippen molar-refractivity contribution in [1.82, 2.24) is 14.9 Å². The Hall–Kier alpha value is -1.39. The van der Waals surface area contributed by atoms with Crippen molar-refractivity contribution in [3.8, 4) is 0 Å². The molecule has 0 fully saturated rings. The number of nitrogens with two attached hydrogens (primary N) is 1. The molecule has 2 rings (SSSR count). The largest absolute Gasteiger partial charge is 0.329 e. The van der Waals surface area contributed by atoms with Gasteiger partial charge in [-0.3, -0.25) is 0 Å². The van der Waals surface area contributed by atoms with Gasteiger partial charge in [0.25, 0.3) is 0 Å². The first-order valence-corrected chi connectivity index (χ1v) is 4.74. The number of pyridine rings is 1. The van der Waals surface area contributed by atoms with Crippen LogP contribution in [-0.4, -0.2) is 22.7 Å². The fraction of sp³-hybridized carbons (Fsp3) is 0.300. The van der Waals surface area contributed by atoms with Crippen LogP contribution in [-0.2, 0) is 6.54 Å². The predicted octanol–water partition coefficient (Wildman–Crippen LogP) is 0.383. The van der Waals surface area contributed by atoms with E-state index in [1.807, 2.05) is 29.0 Å². The zero-order valence-electron chi connectivity index (χ0n) is 7.98. The van der Waals surface area contributed by atoms with Gasteiger partial charge in [-0.25, -0.2) is 4.52 Å². The second kappa shape index (κ2) is 4.21. The fourth-order valence-corrected chi connectivity index (χ4v) is 1.45. The van der Waals surface area contributed by atoms with Crippen LogP contribution in [0.25, 0.3) is 5.52 Å². The lowest BCUT2D eigenvalue weighted by Gasteiger charge is -2.00. The maximum absolute atomic E-state index is 5.40. The minimum atomic E-state index is 0.666. The maximum atomic E-state index is 5.40. The summed E-state index contributed by atoms with van der Waals surface area (Å²) >= 11 is 0. The van der Waals surface area contributed by atoms with Crippen LogP contribution in [0.2, 0.25) is 0 Å². The van der Waals surface area contributed by atoms with Crippen LogP contribution >= 0.6 is 0 Å². The van der Waals surface area contributed by atoms with E-state index in [2.05, 4.69) is 16.5 Å². The first-order valence-electron chi connectivity index (χ1n) is 4.74. The third-order valence-corrected chi connectivity index (χ3v) is 2.14. The minimum absolute atomic E-state index is 0.666. The van der Waals surface area contributed by atoms with Crippen LogP contribution in [0.3, 0.4) is 0 Å². The van der Waals surface area contributed by atoms with E-state index in [1.165, 1.54) is 5.56 Å². The van der Waals surface area contributed by atoms with Crippen molar-refractivity contribution >= 4 is 5.52 Å². The summed E-state index contributed by atoms with van der Waals surface area (Å²) in [6.45, 7) is 2.33. The van der Waals surface area contributed by atoms with Crippen LogP contribution in [0.1, 0.15) is 5.56 Å². The summed E-state index contributed by atoms with van der Waals surface area (Å²) in [7, 11) is 0. The Morgan fingerprint density at radius 3 is 3.21 bits per heavy atom. The summed E-state index contributed by atoms with van der Waals surface area (Å²) in [4.78, 5) is 0. The molecule has 0 unspecified atom stereocenters. The van der Waals surface area contributed by atoms with Gasteiger partial charge in [-0.05, 0) is 12.1 Å². The van der Waals surface area contributed by atoms with Crippen molar-refractivity contribution in [1.29, 1.82) is 0 Å². The van der Waals surface area contributed by atoms with Crippen LogP contribution < -0.4 is 11.1 Å². The Morgan fingerprint density at radius 1 is 1.43 bits per heavy atom. The van der Waals surface area contributed by atoms with Crippen LogP contribution in [0.15, 0.2) is 30.6 Å². The van der Waals surface area contributed by atoms with Crippen molar-refractivity contribution in [2.45, 2.75) is 6.54 Å². The highest BCUT2D eigenvalue weighted by Crippen LogP contribution is 2.08. The Labute approximate surface area is 82.7 Å². The molecule has 0 aromatic carbocycles. The highest BCUT2D eigenvalue weighted by molar-refractivity contribution is 5.53. The molecule has 2 aromatic rings. The fourth-order valence-electron chi connectivity index (χ4n) is 1.45. The highest BCUT2D eigenvalue weighted by atomic mass is 15.2. The molecule has 0 radical (unpaired) electrons. The lowest BCUT2D eigenvalue weighted by atomic mass is 10.2. The molecule has 2 aromatic heterocycles. The van der Waals surface area contributed by atoms with Gasteiger partial charge in [-0.15, -0.1) is 0 Å². The summed E-state index contributed by atoms with van der Waals surface area (Å²) in [6, 6.07) is 6.05. The first kappa shape index (κ1) is 9.18. The van der Waals surface area contributed by atoms with E-state index in [9.17, 15) is 0 Å². The zero-order chi connectivity index (χ0) is 9.80. The van der Waals surface area contributed by atoms with E-state index in [1.54, 1.807) is 0 Å². The molecule has 0 spiro atoms. The van der Waals surface area contributed by atoms with Crippen molar-refractivity contribution in [3.05, 3.63) is 36.2 Å². The van der Waals surface area contributed by atoms with Crippen LogP contribution in [0.5, 0.6) is 0 Å². The third kappa shape index (κ3) is 1.76. The number of nitrogens with one attached hydrogen (secondary N) is 1. The molecule has 0 atom stereocenters. The Morgan fingerprint density at radius 2 is 2.36 bits per heavy atom. The minimum Gasteiger partial charge on any atom is -0.329 e. The zero-order valence-corrected chi connectivity index (χ0v) is 7.98. The number of fused-ring (bicyclic) bond motifs is 1. The first-order chi connectivity index (χ1) is 6.92. The van der Waals surface area contributed by atoms with Gasteiger partial charge < -0.3 is 11.1 Å². The Bertz CT molecular complexity index is 407. The van der Waals surface area contributed by atoms with Crippen LogP contribution in [0, 0.1) is 0 Å². The molecule has 4 heteroatoms. The molecule has 0 aliphatic carbocycles. The van der Waals surface area contributed by atoms with Gasteiger partial charge in [0.1, 0.15) is 0 Å². The molecule has 2 heterocycles. The molecule has 74 valence electrons. The average molecular weight is 190 g/mol. The van der Waals surface area contributed by atoms with E-state index >= 15 is 0 Å². The van der Waals surface area contributed by atoms with E-state index in [-0.39, 0.29) is 0 Å². The van der Waals surface area contributed by atoms with E-state index < -0.39 is 0 Å². The second-order valence-corrected chi connectivity index (χ2v) is 3.17. The SMILES string of the molecule is NCCNCc1cnn2ccccc12. The Kier molecular flexibility index (Phi) is 2.76. The average Bonchev–Trinajstić information content (AvgIpc) is 2.63. The van der Waals surface area contributed by atoms with Gasteiger partial charge in [0, 0.05) is 31.4 Å². The number of hydrogen-bond acceptors (Lipinski definition) is 3.